The van der Waals surface area contributed by atoms with E-state index in [0.717, 1.165) is 33.5 Å². The van der Waals surface area contributed by atoms with Crippen molar-refractivity contribution in [1.82, 2.24) is 10.3 Å². The van der Waals surface area contributed by atoms with Gasteiger partial charge in [0.15, 0.2) is 11.5 Å². The Labute approximate surface area is 157 Å². The van der Waals surface area contributed by atoms with E-state index in [1.54, 1.807) is 19.2 Å². The van der Waals surface area contributed by atoms with Crippen molar-refractivity contribution in [3.05, 3.63) is 53.8 Å². The summed E-state index contributed by atoms with van der Waals surface area (Å²) >= 11 is 0. The Morgan fingerprint density at radius 2 is 1.89 bits per heavy atom. The van der Waals surface area contributed by atoms with Crippen molar-refractivity contribution in [2.75, 3.05) is 20.5 Å². The van der Waals surface area contributed by atoms with Gasteiger partial charge in [-0.3, -0.25) is 0 Å². The van der Waals surface area contributed by atoms with Crippen LogP contribution < -0.4 is 14.8 Å². The molecule has 1 aliphatic rings. The van der Waals surface area contributed by atoms with Gasteiger partial charge in [-0.1, -0.05) is 0 Å². The molecule has 1 atom stereocenters. The van der Waals surface area contributed by atoms with Crippen LogP contribution in [0.1, 0.15) is 12.5 Å². The Morgan fingerprint density at radius 1 is 1.15 bits per heavy atom. The fraction of sp³-hybridized carbons (Fsp3) is 0.286. The Hall–Kier alpha value is -2.70. The van der Waals surface area contributed by atoms with E-state index < -0.39 is 0 Å². The second kappa shape index (κ2) is 7.50. The molecule has 1 N–H and O–H groups in total. The van der Waals surface area contributed by atoms with Crippen LogP contribution in [-0.2, 0) is 11.3 Å². The van der Waals surface area contributed by atoms with Gasteiger partial charge in [0.05, 0.1) is 17.8 Å². The van der Waals surface area contributed by atoms with Gasteiger partial charge in [-0.15, -0.1) is 0 Å². The highest BCUT2D eigenvalue weighted by Crippen LogP contribution is 2.37. The third-order valence-corrected chi connectivity index (χ3v) is 4.56. The van der Waals surface area contributed by atoms with Crippen molar-refractivity contribution in [3.8, 4) is 22.8 Å². The van der Waals surface area contributed by atoms with Gasteiger partial charge in [-0.05, 0) is 48.9 Å². The topological polar surface area (TPSA) is 52.6 Å². The van der Waals surface area contributed by atoms with Gasteiger partial charge < -0.3 is 19.5 Å². The molecule has 1 unspecified atom stereocenters. The number of benzene rings is 2. The Balaban J connectivity index is 1.77. The zero-order chi connectivity index (χ0) is 18.8. The smallest absolute Gasteiger partial charge is 0.231 e. The average molecular weight is 368 g/mol. The van der Waals surface area contributed by atoms with Gasteiger partial charge in [0.25, 0.3) is 0 Å². The van der Waals surface area contributed by atoms with Crippen LogP contribution in [0.15, 0.2) is 42.5 Å². The van der Waals surface area contributed by atoms with E-state index in [-0.39, 0.29) is 18.7 Å². The van der Waals surface area contributed by atoms with Crippen LogP contribution >= 0.6 is 0 Å². The number of nitrogens with one attached hydrogen (secondary N) is 1. The summed E-state index contributed by atoms with van der Waals surface area (Å²) in [5, 5.41) is 4.42. The Kier molecular flexibility index (Phi) is 4.92. The van der Waals surface area contributed by atoms with E-state index in [9.17, 15) is 4.39 Å². The molecular formula is C21H21FN2O3. The fourth-order valence-corrected chi connectivity index (χ4v) is 3.19. The van der Waals surface area contributed by atoms with Crippen LogP contribution in [-0.4, -0.2) is 31.5 Å². The van der Waals surface area contributed by atoms with Gasteiger partial charge in [0.1, 0.15) is 5.82 Å². The Bertz CT molecular complexity index is 960. The van der Waals surface area contributed by atoms with Crippen molar-refractivity contribution in [2.45, 2.75) is 19.5 Å². The summed E-state index contributed by atoms with van der Waals surface area (Å²) in [4.78, 5) is 4.85. The summed E-state index contributed by atoms with van der Waals surface area (Å²) in [7, 11) is 1.68. The first kappa shape index (κ1) is 17.7. The van der Waals surface area contributed by atoms with Crippen LogP contribution in [0.25, 0.3) is 22.2 Å². The molecule has 2 heterocycles. The Morgan fingerprint density at radius 3 is 2.63 bits per heavy atom. The van der Waals surface area contributed by atoms with Gasteiger partial charge in [-0.25, -0.2) is 9.37 Å². The second-order valence-electron chi connectivity index (χ2n) is 6.64. The molecule has 0 saturated heterocycles. The minimum absolute atomic E-state index is 0.198. The largest absolute Gasteiger partial charge is 0.454 e. The van der Waals surface area contributed by atoms with E-state index >= 15 is 0 Å². The van der Waals surface area contributed by atoms with E-state index in [4.69, 9.17) is 19.2 Å². The van der Waals surface area contributed by atoms with Gasteiger partial charge >= 0.3 is 0 Å². The summed E-state index contributed by atoms with van der Waals surface area (Å²) in [5.41, 5.74) is 3.52. The summed E-state index contributed by atoms with van der Waals surface area (Å²) in [6, 6.07) is 12.5. The van der Waals surface area contributed by atoms with Crippen LogP contribution in [0.4, 0.5) is 4.39 Å². The van der Waals surface area contributed by atoms with Crippen LogP contribution in [0.3, 0.4) is 0 Å². The summed E-state index contributed by atoms with van der Waals surface area (Å²) in [6.07, 6.45) is 0. The van der Waals surface area contributed by atoms with Crippen molar-refractivity contribution >= 4 is 10.9 Å². The lowest BCUT2D eigenvalue weighted by molar-refractivity contribution is 0.171. The molecule has 27 heavy (non-hydrogen) atoms. The van der Waals surface area contributed by atoms with E-state index in [1.165, 1.54) is 12.1 Å². The first-order chi connectivity index (χ1) is 13.1. The number of ether oxygens (including phenoxy) is 3. The van der Waals surface area contributed by atoms with Gasteiger partial charge in [-0.2, -0.15) is 0 Å². The molecule has 3 aromatic rings. The van der Waals surface area contributed by atoms with Crippen molar-refractivity contribution in [3.63, 3.8) is 0 Å². The number of nitrogens with zero attached hydrogens (tertiary/aromatic N) is 1. The molecule has 140 valence electrons. The first-order valence-electron chi connectivity index (χ1n) is 8.85. The maximum Gasteiger partial charge on any atom is 0.231 e. The van der Waals surface area contributed by atoms with E-state index in [1.807, 2.05) is 12.1 Å². The quantitative estimate of drug-likeness (QED) is 0.715. The molecule has 1 aliphatic heterocycles. The molecule has 5 nitrogen and oxygen atoms in total. The zero-order valence-electron chi connectivity index (χ0n) is 15.3. The maximum atomic E-state index is 13.4. The lowest BCUT2D eigenvalue weighted by Gasteiger charge is -2.16. The molecule has 0 radical (unpaired) electrons. The van der Waals surface area contributed by atoms with E-state index in [2.05, 4.69) is 18.3 Å². The normalized spacial score (nSPS) is 13.9. The number of rotatable bonds is 6. The lowest BCUT2D eigenvalue weighted by Crippen LogP contribution is -2.29. The number of fused-ring (bicyclic) bond motifs is 2. The highest BCUT2D eigenvalue weighted by molar-refractivity contribution is 5.86. The molecule has 0 spiro atoms. The molecular weight excluding hydrogens is 347 g/mol. The molecule has 0 bridgehead atoms. The van der Waals surface area contributed by atoms with Gasteiger partial charge in [0.2, 0.25) is 6.79 Å². The van der Waals surface area contributed by atoms with Crippen LogP contribution in [0.5, 0.6) is 11.5 Å². The number of hydrogen-bond acceptors (Lipinski definition) is 5. The molecule has 1 aromatic heterocycles. The zero-order valence-corrected chi connectivity index (χ0v) is 15.3. The first-order valence-corrected chi connectivity index (χ1v) is 8.85. The number of methoxy groups -OCH3 is 1. The van der Waals surface area contributed by atoms with E-state index in [0.29, 0.717) is 18.9 Å². The maximum absolute atomic E-state index is 13.4. The van der Waals surface area contributed by atoms with Crippen molar-refractivity contribution in [2.24, 2.45) is 0 Å². The molecule has 4 rings (SSSR count). The minimum Gasteiger partial charge on any atom is -0.454 e. The summed E-state index contributed by atoms with van der Waals surface area (Å²) in [5.74, 6) is 1.15. The highest BCUT2D eigenvalue weighted by Gasteiger charge is 2.17. The van der Waals surface area contributed by atoms with Crippen molar-refractivity contribution in [1.29, 1.82) is 0 Å². The predicted octanol–water partition coefficient (Wildman–Crippen LogP) is 3.89. The number of aromatic nitrogens is 1. The lowest BCUT2D eigenvalue weighted by atomic mass is 10.0. The SMILES string of the molecule is COCC(C)NCc1cc2cc3c(cc2nc1-c1ccc(F)cc1)OCO3. The number of pyridine rings is 1. The summed E-state index contributed by atoms with van der Waals surface area (Å²) < 4.78 is 29.5. The molecule has 6 heteroatoms. The third kappa shape index (κ3) is 3.72. The number of halogens is 1. The third-order valence-electron chi connectivity index (χ3n) is 4.56. The average Bonchev–Trinajstić information content (AvgIpc) is 3.12. The highest BCUT2D eigenvalue weighted by atomic mass is 19.1. The molecule has 2 aromatic carbocycles. The van der Waals surface area contributed by atoms with Crippen LogP contribution in [0.2, 0.25) is 0 Å². The van der Waals surface area contributed by atoms with Crippen LogP contribution in [0, 0.1) is 5.82 Å². The number of hydrogen-bond donors (Lipinski definition) is 1. The second-order valence-corrected chi connectivity index (χ2v) is 6.64. The molecule has 0 amide bonds. The standard InChI is InChI=1S/C21H21FN2O3/c1-13(11-25-2)23-10-16-7-15-8-19-20(27-12-26-19)9-18(15)24-21(16)14-3-5-17(22)6-4-14/h3-9,13,23H,10-12H2,1-2H3. The molecule has 0 fully saturated rings. The monoisotopic (exact) mass is 368 g/mol. The van der Waals surface area contributed by atoms with Gasteiger partial charge in [0, 0.05) is 36.7 Å². The minimum atomic E-state index is -0.267. The predicted molar refractivity (Wildman–Crippen MR) is 101 cm³/mol. The van der Waals surface area contributed by atoms with Crippen molar-refractivity contribution < 1.29 is 18.6 Å². The fourth-order valence-electron chi connectivity index (χ4n) is 3.19. The molecule has 0 saturated carbocycles. The summed E-state index contributed by atoms with van der Waals surface area (Å²) in [6.45, 7) is 3.52. The molecule has 0 aliphatic carbocycles.